The summed E-state index contributed by atoms with van der Waals surface area (Å²) in [6, 6.07) is 5.07. The molecule has 1 nitrogen and oxygen atoms in total. The molecule has 0 spiro atoms. The van der Waals surface area contributed by atoms with Crippen LogP contribution in [0.2, 0.25) is 5.02 Å². The molecule has 0 aromatic heterocycles. The van der Waals surface area contributed by atoms with Crippen LogP contribution >= 0.6 is 11.6 Å². The van der Waals surface area contributed by atoms with E-state index in [-0.39, 0.29) is 5.82 Å². The molecule has 1 aromatic rings. The summed E-state index contributed by atoms with van der Waals surface area (Å²) < 4.78 is 13.0. The summed E-state index contributed by atoms with van der Waals surface area (Å²) in [5.41, 5.74) is 1.02. The van der Waals surface area contributed by atoms with E-state index in [9.17, 15) is 4.39 Å². The van der Waals surface area contributed by atoms with Crippen molar-refractivity contribution in [1.82, 2.24) is 5.32 Å². The molecule has 112 valence electrons. The Morgan fingerprint density at radius 1 is 1.35 bits per heavy atom. The van der Waals surface area contributed by atoms with Crippen molar-refractivity contribution >= 4 is 11.6 Å². The van der Waals surface area contributed by atoms with Crippen LogP contribution in [-0.2, 0) is 6.42 Å². The molecule has 0 aliphatic rings. The van der Waals surface area contributed by atoms with Crippen LogP contribution in [0.25, 0.3) is 0 Å². The van der Waals surface area contributed by atoms with Gasteiger partial charge < -0.3 is 5.32 Å². The van der Waals surface area contributed by atoms with Crippen molar-refractivity contribution in [2.75, 3.05) is 6.54 Å². The van der Waals surface area contributed by atoms with E-state index in [1.807, 2.05) is 6.08 Å². The van der Waals surface area contributed by atoms with Gasteiger partial charge in [-0.25, -0.2) is 4.39 Å². The maximum absolute atomic E-state index is 13.0. The molecule has 0 bridgehead atoms. The zero-order chi connectivity index (χ0) is 14.8. The van der Waals surface area contributed by atoms with Gasteiger partial charge in [-0.1, -0.05) is 43.5 Å². The lowest BCUT2D eigenvalue weighted by Gasteiger charge is -2.18. The predicted octanol–water partition coefficient (Wildman–Crippen LogP) is 5.14. The van der Waals surface area contributed by atoms with Gasteiger partial charge in [-0.15, -0.1) is 6.58 Å². The highest BCUT2D eigenvalue weighted by Crippen LogP contribution is 2.20. The molecule has 3 heteroatoms. The molecule has 0 heterocycles. The zero-order valence-electron chi connectivity index (χ0n) is 12.3. The SMILES string of the molecule is C=CCCCCCC(Cc1ccc(F)cc1Cl)NCC. The number of halogens is 2. The van der Waals surface area contributed by atoms with Crippen LogP contribution in [-0.4, -0.2) is 12.6 Å². The molecule has 1 unspecified atom stereocenters. The van der Waals surface area contributed by atoms with Crippen molar-refractivity contribution in [2.24, 2.45) is 0 Å². The maximum Gasteiger partial charge on any atom is 0.124 e. The summed E-state index contributed by atoms with van der Waals surface area (Å²) in [6.45, 7) is 6.79. The minimum atomic E-state index is -0.275. The Labute approximate surface area is 127 Å². The van der Waals surface area contributed by atoms with Crippen molar-refractivity contribution in [3.63, 3.8) is 0 Å². The lowest BCUT2D eigenvalue weighted by Crippen LogP contribution is -2.31. The maximum atomic E-state index is 13.0. The summed E-state index contributed by atoms with van der Waals surface area (Å²) >= 11 is 6.10. The first-order valence-electron chi connectivity index (χ1n) is 7.45. The Morgan fingerprint density at radius 2 is 2.15 bits per heavy atom. The van der Waals surface area contributed by atoms with E-state index in [1.165, 1.54) is 31.4 Å². The van der Waals surface area contributed by atoms with Crippen LogP contribution in [0.1, 0.15) is 44.6 Å². The van der Waals surface area contributed by atoms with Crippen molar-refractivity contribution in [2.45, 2.75) is 51.5 Å². The number of nitrogens with one attached hydrogen (secondary N) is 1. The first-order valence-corrected chi connectivity index (χ1v) is 7.83. The van der Waals surface area contributed by atoms with Gasteiger partial charge in [0.05, 0.1) is 0 Å². The first-order chi connectivity index (χ1) is 9.67. The Bertz CT molecular complexity index is 406. The highest BCUT2D eigenvalue weighted by atomic mass is 35.5. The molecular weight excluding hydrogens is 273 g/mol. The number of allylic oxidation sites excluding steroid dienone is 1. The number of likely N-dealkylation sites (N-methyl/N-ethyl adjacent to an activating group) is 1. The lowest BCUT2D eigenvalue weighted by molar-refractivity contribution is 0.464. The van der Waals surface area contributed by atoms with Gasteiger partial charge in [0, 0.05) is 11.1 Å². The third-order valence-electron chi connectivity index (χ3n) is 3.44. The molecule has 1 rings (SSSR count). The summed E-state index contributed by atoms with van der Waals surface area (Å²) in [4.78, 5) is 0. The first kappa shape index (κ1) is 17.2. The van der Waals surface area contributed by atoms with Crippen LogP contribution in [0.4, 0.5) is 4.39 Å². The molecule has 1 aromatic carbocycles. The van der Waals surface area contributed by atoms with Crippen LogP contribution in [0, 0.1) is 5.82 Å². The molecule has 0 amide bonds. The molecule has 1 N–H and O–H groups in total. The third kappa shape index (κ3) is 6.53. The molecule has 0 aliphatic heterocycles. The van der Waals surface area contributed by atoms with Gasteiger partial charge in [0.25, 0.3) is 0 Å². The van der Waals surface area contributed by atoms with Crippen LogP contribution < -0.4 is 5.32 Å². The molecule has 0 saturated heterocycles. The van der Waals surface area contributed by atoms with E-state index in [0.29, 0.717) is 11.1 Å². The normalized spacial score (nSPS) is 12.3. The number of hydrogen-bond donors (Lipinski definition) is 1. The minimum Gasteiger partial charge on any atom is -0.314 e. The Morgan fingerprint density at radius 3 is 2.80 bits per heavy atom. The van der Waals surface area contributed by atoms with Crippen molar-refractivity contribution in [3.8, 4) is 0 Å². The van der Waals surface area contributed by atoms with Gasteiger partial charge in [0.15, 0.2) is 0 Å². The predicted molar refractivity (Wildman–Crippen MR) is 85.9 cm³/mol. The van der Waals surface area contributed by atoms with Gasteiger partial charge in [0.2, 0.25) is 0 Å². The molecule has 0 fully saturated rings. The number of hydrogen-bond acceptors (Lipinski definition) is 1. The topological polar surface area (TPSA) is 12.0 Å². The Kier molecular flexibility index (Phi) is 8.56. The number of rotatable bonds is 10. The standard InChI is InChI=1S/C17H25ClFN/c1-3-5-6-7-8-9-16(20-4-2)12-14-10-11-15(19)13-17(14)18/h3,10-11,13,16,20H,1,4-9,12H2,2H3. The molecule has 0 aliphatic carbocycles. The summed E-state index contributed by atoms with van der Waals surface area (Å²) in [6.07, 6.45) is 8.68. The fraction of sp³-hybridized carbons (Fsp3) is 0.529. The summed E-state index contributed by atoms with van der Waals surface area (Å²) in [5.74, 6) is -0.275. The van der Waals surface area contributed by atoms with Crippen LogP contribution in [0.5, 0.6) is 0 Å². The van der Waals surface area contributed by atoms with Crippen molar-refractivity contribution < 1.29 is 4.39 Å². The third-order valence-corrected chi connectivity index (χ3v) is 3.79. The van der Waals surface area contributed by atoms with E-state index < -0.39 is 0 Å². The van der Waals surface area contributed by atoms with Gasteiger partial charge in [-0.2, -0.15) is 0 Å². The summed E-state index contributed by atoms with van der Waals surface area (Å²) in [7, 11) is 0. The van der Waals surface area contributed by atoms with E-state index in [2.05, 4.69) is 18.8 Å². The van der Waals surface area contributed by atoms with E-state index >= 15 is 0 Å². The molecule has 0 saturated carbocycles. The fourth-order valence-corrected chi connectivity index (χ4v) is 2.62. The minimum absolute atomic E-state index is 0.275. The average molecular weight is 298 g/mol. The fourth-order valence-electron chi connectivity index (χ4n) is 2.37. The molecule has 1 atom stereocenters. The number of benzene rings is 1. The lowest BCUT2D eigenvalue weighted by atomic mass is 9.99. The van der Waals surface area contributed by atoms with Gasteiger partial charge in [-0.05, 0) is 49.9 Å². The Balaban J connectivity index is 2.46. The monoisotopic (exact) mass is 297 g/mol. The van der Waals surface area contributed by atoms with Crippen LogP contribution in [0.15, 0.2) is 30.9 Å². The van der Waals surface area contributed by atoms with Gasteiger partial charge in [0.1, 0.15) is 5.82 Å². The molecule has 0 radical (unpaired) electrons. The second-order valence-corrected chi connectivity index (χ2v) is 5.53. The zero-order valence-corrected chi connectivity index (χ0v) is 13.1. The number of unbranched alkanes of at least 4 members (excludes halogenated alkanes) is 3. The van der Waals surface area contributed by atoms with Gasteiger partial charge >= 0.3 is 0 Å². The van der Waals surface area contributed by atoms with Crippen molar-refractivity contribution in [1.29, 1.82) is 0 Å². The van der Waals surface area contributed by atoms with Crippen molar-refractivity contribution in [3.05, 3.63) is 47.3 Å². The molecule has 20 heavy (non-hydrogen) atoms. The molecular formula is C17H25ClFN. The van der Waals surface area contributed by atoms with Crippen LogP contribution in [0.3, 0.4) is 0 Å². The van der Waals surface area contributed by atoms with E-state index in [4.69, 9.17) is 11.6 Å². The van der Waals surface area contributed by atoms with E-state index in [0.717, 1.165) is 31.4 Å². The van der Waals surface area contributed by atoms with E-state index in [1.54, 1.807) is 6.07 Å². The Hall–Kier alpha value is -0.860. The second kappa shape index (κ2) is 9.95. The highest BCUT2D eigenvalue weighted by Gasteiger charge is 2.11. The average Bonchev–Trinajstić information content (AvgIpc) is 2.41. The highest BCUT2D eigenvalue weighted by molar-refractivity contribution is 6.31. The summed E-state index contributed by atoms with van der Waals surface area (Å²) in [5, 5.41) is 4.02. The second-order valence-electron chi connectivity index (χ2n) is 5.12. The largest absolute Gasteiger partial charge is 0.314 e. The van der Waals surface area contributed by atoms with Gasteiger partial charge in [-0.3, -0.25) is 0 Å². The smallest absolute Gasteiger partial charge is 0.124 e. The quantitative estimate of drug-likeness (QED) is 0.466.